The molecule has 3 heterocycles. The van der Waals surface area contributed by atoms with E-state index in [1.54, 1.807) is 27.6 Å². The number of rotatable bonds is 4. The summed E-state index contributed by atoms with van der Waals surface area (Å²) in [6.45, 7) is 1.36. The SMILES string of the molecule is O=C(O[C@@H](C(=O)N1CCCCC1)c1ccccc1)c1c(Cl)nc2sccn12. The third kappa shape index (κ3) is 3.57. The van der Waals surface area contributed by atoms with Crippen molar-refractivity contribution in [2.45, 2.75) is 25.4 Å². The number of hydrogen-bond donors (Lipinski definition) is 0. The molecule has 1 aromatic carbocycles. The Bertz CT molecular complexity index is 963. The van der Waals surface area contributed by atoms with Crippen LogP contribution in [-0.4, -0.2) is 39.3 Å². The van der Waals surface area contributed by atoms with E-state index in [-0.39, 0.29) is 16.8 Å². The van der Waals surface area contributed by atoms with Crippen molar-refractivity contribution in [3.05, 3.63) is 58.3 Å². The minimum Gasteiger partial charge on any atom is -0.443 e. The van der Waals surface area contributed by atoms with Crippen molar-refractivity contribution in [1.82, 2.24) is 14.3 Å². The number of hydrogen-bond acceptors (Lipinski definition) is 5. The molecular weight excluding hydrogens is 386 g/mol. The Balaban J connectivity index is 1.64. The van der Waals surface area contributed by atoms with Gasteiger partial charge < -0.3 is 9.64 Å². The molecular formula is C19H18ClN3O3S. The van der Waals surface area contributed by atoms with Crippen LogP contribution in [0, 0.1) is 0 Å². The fourth-order valence-electron chi connectivity index (χ4n) is 3.27. The number of carbonyl (C=O) groups is 2. The third-order valence-corrected chi connectivity index (χ3v) is 5.65. The lowest BCUT2D eigenvalue weighted by Gasteiger charge is -2.30. The van der Waals surface area contributed by atoms with Crippen molar-refractivity contribution >= 4 is 39.8 Å². The lowest BCUT2D eigenvalue weighted by molar-refractivity contribution is -0.142. The van der Waals surface area contributed by atoms with E-state index in [0.29, 0.717) is 23.6 Å². The summed E-state index contributed by atoms with van der Waals surface area (Å²) in [6, 6.07) is 9.08. The van der Waals surface area contributed by atoms with Crippen LogP contribution in [-0.2, 0) is 9.53 Å². The Morgan fingerprint density at radius 1 is 1.15 bits per heavy atom. The zero-order valence-electron chi connectivity index (χ0n) is 14.5. The van der Waals surface area contributed by atoms with Crippen molar-refractivity contribution in [3.8, 4) is 0 Å². The molecule has 1 amide bonds. The predicted octanol–water partition coefficient (Wildman–Crippen LogP) is 3.96. The Morgan fingerprint density at radius 3 is 2.63 bits per heavy atom. The van der Waals surface area contributed by atoms with Crippen molar-refractivity contribution < 1.29 is 14.3 Å². The maximum Gasteiger partial charge on any atom is 0.359 e. The molecule has 1 fully saturated rings. The first-order valence-electron chi connectivity index (χ1n) is 8.81. The number of fused-ring (bicyclic) bond motifs is 1. The highest BCUT2D eigenvalue weighted by atomic mass is 35.5. The summed E-state index contributed by atoms with van der Waals surface area (Å²) in [5, 5.41) is 1.88. The number of amides is 1. The molecule has 8 heteroatoms. The normalized spacial score (nSPS) is 15.7. The number of aromatic nitrogens is 2. The molecule has 1 atom stereocenters. The zero-order chi connectivity index (χ0) is 18.8. The van der Waals surface area contributed by atoms with E-state index in [1.165, 1.54) is 11.3 Å². The molecule has 0 saturated carbocycles. The van der Waals surface area contributed by atoms with Gasteiger partial charge in [0.15, 0.2) is 15.8 Å². The number of imidazole rings is 1. The molecule has 0 unspecified atom stereocenters. The van der Waals surface area contributed by atoms with E-state index in [1.807, 2.05) is 23.6 Å². The molecule has 6 nitrogen and oxygen atoms in total. The van der Waals surface area contributed by atoms with Crippen LogP contribution in [0.3, 0.4) is 0 Å². The van der Waals surface area contributed by atoms with Gasteiger partial charge in [-0.25, -0.2) is 9.78 Å². The monoisotopic (exact) mass is 403 g/mol. The largest absolute Gasteiger partial charge is 0.443 e. The molecule has 1 aliphatic rings. The number of ether oxygens (including phenoxy) is 1. The van der Waals surface area contributed by atoms with E-state index >= 15 is 0 Å². The van der Waals surface area contributed by atoms with Crippen LogP contribution in [0.25, 0.3) is 4.96 Å². The summed E-state index contributed by atoms with van der Waals surface area (Å²) in [7, 11) is 0. The maximum atomic E-state index is 13.1. The first kappa shape index (κ1) is 18.0. The van der Waals surface area contributed by atoms with Gasteiger partial charge in [-0.1, -0.05) is 41.9 Å². The molecule has 0 radical (unpaired) electrons. The van der Waals surface area contributed by atoms with E-state index in [0.717, 1.165) is 19.3 Å². The Kier molecular flexibility index (Phi) is 5.13. The number of piperidine rings is 1. The van der Waals surface area contributed by atoms with Gasteiger partial charge in [0.2, 0.25) is 6.10 Å². The summed E-state index contributed by atoms with van der Waals surface area (Å²) in [5.41, 5.74) is 0.781. The van der Waals surface area contributed by atoms with Gasteiger partial charge in [0.25, 0.3) is 5.91 Å². The number of thiazole rings is 1. The summed E-state index contributed by atoms with van der Waals surface area (Å²) in [6.07, 6.45) is 3.74. The number of halogens is 1. The van der Waals surface area contributed by atoms with E-state index < -0.39 is 12.1 Å². The van der Waals surface area contributed by atoms with Gasteiger partial charge in [-0.15, -0.1) is 11.3 Å². The van der Waals surface area contributed by atoms with E-state index in [2.05, 4.69) is 4.98 Å². The summed E-state index contributed by atoms with van der Waals surface area (Å²) < 4.78 is 7.27. The van der Waals surface area contributed by atoms with Crippen molar-refractivity contribution in [1.29, 1.82) is 0 Å². The zero-order valence-corrected chi connectivity index (χ0v) is 16.1. The molecule has 0 bridgehead atoms. The lowest BCUT2D eigenvalue weighted by atomic mass is 10.1. The second-order valence-corrected chi connectivity index (χ2v) is 7.62. The fourth-order valence-corrected chi connectivity index (χ4v) is 4.29. The van der Waals surface area contributed by atoms with Gasteiger partial charge in [-0.3, -0.25) is 9.20 Å². The second kappa shape index (κ2) is 7.70. The molecule has 1 saturated heterocycles. The van der Waals surface area contributed by atoms with Gasteiger partial charge >= 0.3 is 5.97 Å². The number of esters is 1. The highest BCUT2D eigenvalue weighted by Crippen LogP contribution is 2.27. The molecule has 0 N–H and O–H groups in total. The van der Waals surface area contributed by atoms with Crippen LogP contribution < -0.4 is 0 Å². The number of carbonyl (C=O) groups excluding carboxylic acids is 2. The van der Waals surface area contributed by atoms with E-state index in [4.69, 9.17) is 16.3 Å². The van der Waals surface area contributed by atoms with Crippen LogP contribution in [0.15, 0.2) is 41.9 Å². The molecule has 4 rings (SSSR count). The number of benzene rings is 1. The second-order valence-electron chi connectivity index (χ2n) is 6.39. The smallest absolute Gasteiger partial charge is 0.359 e. The number of nitrogens with zero attached hydrogens (tertiary/aromatic N) is 3. The van der Waals surface area contributed by atoms with Gasteiger partial charge in [-0.05, 0) is 19.3 Å². The van der Waals surface area contributed by atoms with Gasteiger partial charge in [-0.2, -0.15) is 0 Å². The third-order valence-electron chi connectivity index (χ3n) is 4.63. The fraction of sp³-hybridized carbons (Fsp3) is 0.316. The Hall–Kier alpha value is -2.38. The summed E-state index contributed by atoms with van der Waals surface area (Å²) in [5.74, 6) is -0.860. The van der Waals surface area contributed by atoms with Gasteiger partial charge in [0.05, 0.1) is 0 Å². The topological polar surface area (TPSA) is 63.9 Å². The highest BCUT2D eigenvalue weighted by Gasteiger charge is 2.32. The standard InChI is InChI=1S/C19H18ClN3O3S/c20-16-14(23-11-12-27-19(23)21-16)18(25)26-15(13-7-3-1-4-8-13)17(24)22-9-5-2-6-10-22/h1,3-4,7-8,11-12,15H,2,5-6,9-10H2/t15-/m1/s1. The van der Waals surface area contributed by atoms with Gasteiger partial charge in [0, 0.05) is 30.2 Å². The van der Waals surface area contributed by atoms with Crippen LogP contribution in [0.4, 0.5) is 0 Å². The predicted molar refractivity (Wildman–Crippen MR) is 103 cm³/mol. The van der Waals surface area contributed by atoms with Crippen molar-refractivity contribution in [2.75, 3.05) is 13.1 Å². The van der Waals surface area contributed by atoms with Crippen molar-refractivity contribution in [3.63, 3.8) is 0 Å². The van der Waals surface area contributed by atoms with Crippen LogP contribution >= 0.6 is 22.9 Å². The minimum absolute atomic E-state index is 0.0732. The average molecular weight is 404 g/mol. The summed E-state index contributed by atoms with van der Waals surface area (Å²) >= 11 is 7.51. The van der Waals surface area contributed by atoms with Crippen LogP contribution in [0.1, 0.15) is 41.4 Å². The molecule has 3 aromatic rings. The molecule has 1 aliphatic heterocycles. The lowest BCUT2D eigenvalue weighted by Crippen LogP contribution is -2.40. The highest BCUT2D eigenvalue weighted by molar-refractivity contribution is 7.15. The minimum atomic E-state index is -1.00. The molecule has 0 aliphatic carbocycles. The maximum absolute atomic E-state index is 13.1. The first-order valence-corrected chi connectivity index (χ1v) is 10.1. The average Bonchev–Trinajstić information content (AvgIpc) is 3.26. The van der Waals surface area contributed by atoms with Gasteiger partial charge in [0.1, 0.15) is 0 Å². The quantitative estimate of drug-likeness (QED) is 0.618. The summed E-state index contributed by atoms with van der Waals surface area (Å²) in [4.78, 5) is 32.5. The van der Waals surface area contributed by atoms with Crippen LogP contribution in [0.5, 0.6) is 0 Å². The molecule has 140 valence electrons. The molecule has 27 heavy (non-hydrogen) atoms. The molecule has 2 aromatic heterocycles. The Morgan fingerprint density at radius 2 is 1.89 bits per heavy atom. The Labute approximate surface area is 165 Å². The van der Waals surface area contributed by atoms with Crippen LogP contribution in [0.2, 0.25) is 5.15 Å². The number of likely N-dealkylation sites (tertiary alicyclic amines) is 1. The molecule has 0 spiro atoms. The van der Waals surface area contributed by atoms with Crippen molar-refractivity contribution in [2.24, 2.45) is 0 Å². The van der Waals surface area contributed by atoms with E-state index in [9.17, 15) is 9.59 Å². The first-order chi connectivity index (χ1) is 13.1.